The summed E-state index contributed by atoms with van der Waals surface area (Å²) >= 11 is 0. The summed E-state index contributed by atoms with van der Waals surface area (Å²) in [5, 5.41) is 2.76. The van der Waals surface area contributed by atoms with Gasteiger partial charge < -0.3 is 19.7 Å². The molecular formula is C20H20N2O4. The van der Waals surface area contributed by atoms with Gasteiger partial charge in [-0.3, -0.25) is 9.59 Å². The van der Waals surface area contributed by atoms with Gasteiger partial charge in [0.15, 0.2) is 17.6 Å². The van der Waals surface area contributed by atoms with E-state index in [1.165, 1.54) is 6.92 Å². The van der Waals surface area contributed by atoms with Crippen LogP contribution in [0.2, 0.25) is 0 Å². The van der Waals surface area contributed by atoms with Gasteiger partial charge in [0, 0.05) is 18.2 Å². The van der Waals surface area contributed by atoms with Crippen molar-refractivity contribution in [2.75, 3.05) is 18.1 Å². The number of para-hydroxylation sites is 2. The van der Waals surface area contributed by atoms with Gasteiger partial charge in [-0.15, -0.1) is 0 Å². The van der Waals surface area contributed by atoms with E-state index in [0.717, 1.165) is 16.8 Å². The van der Waals surface area contributed by atoms with Crippen molar-refractivity contribution in [1.29, 1.82) is 0 Å². The second-order valence-electron chi connectivity index (χ2n) is 6.64. The van der Waals surface area contributed by atoms with Crippen molar-refractivity contribution in [3.63, 3.8) is 0 Å². The van der Waals surface area contributed by atoms with Crippen LogP contribution in [0.3, 0.4) is 0 Å². The third kappa shape index (κ3) is 2.87. The molecule has 0 unspecified atom stereocenters. The van der Waals surface area contributed by atoms with Crippen molar-refractivity contribution in [3.05, 3.63) is 53.6 Å². The van der Waals surface area contributed by atoms with Gasteiger partial charge in [0.2, 0.25) is 5.91 Å². The van der Waals surface area contributed by atoms with Crippen molar-refractivity contribution >= 4 is 17.5 Å². The van der Waals surface area contributed by atoms with Crippen molar-refractivity contribution in [3.8, 4) is 11.5 Å². The first-order chi connectivity index (χ1) is 12.5. The van der Waals surface area contributed by atoms with Crippen molar-refractivity contribution < 1.29 is 19.1 Å². The maximum Gasteiger partial charge on any atom is 0.254 e. The van der Waals surface area contributed by atoms with E-state index < -0.39 is 6.04 Å². The van der Waals surface area contributed by atoms with Gasteiger partial charge in [-0.2, -0.15) is 0 Å². The normalized spacial score (nSPS) is 20.7. The molecule has 6 nitrogen and oxygen atoms in total. The Morgan fingerprint density at radius 3 is 2.77 bits per heavy atom. The number of fused-ring (bicyclic) bond motifs is 2. The minimum Gasteiger partial charge on any atom is -0.486 e. The lowest BCUT2D eigenvalue weighted by atomic mass is 10.1. The lowest BCUT2D eigenvalue weighted by Gasteiger charge is -2.30. The zero-order valence-corrected chi connectivity index (χ0v) is 14.7. The molecule has 0 radical (unpaired) electrons. The molecule has 2 heterocycles. The highest BCUT2D eigenvalue weighted by molar-refractivity contribution is 6.06. The van der Waals surface area contributed by atoms with E-state index in [1.807, 2.05) is 49.4 Å². The molecule has 2 aromatic carbocycles. The molecule has 2 aliphatic rings. The minimum absolute atomic E-state index is 0.150. The number of carbonyl (C=O) groups is 2. The van der Waals surface area contributed by atoms with Gasteiger partial charge in [0.05, 0.1) is 6.54 Å². The highest BCUT2D eigenvalue weighted by Crippen LogP contribution is 2.38. The molecule has 2 aromatic rings. The van der Waals surface area contributed by atoms with Crippen LogP contribution in [-0.2, 0) is 9.59 Å². The number of nitrogens with zero attached hydrogens (tertiary/aromatic N) is 1. The first-order valence-corrected chi connectivity index (χ1v) is 8.60. The zero-order valence-electron chi connectivity index (χ0n) is 14.7. The molecule has 4 rings (SSSR count). The topological polar surface area (TPSA) is 67.9 Å². The number of nitrogens with one attached hydrogen (secondary N) is 1. The summed E-state index contributed by atoms with van der Waals surface area (Å²) in [6.07, 6.45) is -0.279. The van der Waals surface area contributed by atoms with Gasteiger partial charge >= 0.3 is 0 Å². The van der Waals surface area contributed by atoms with Crippen LogP contribution in [0.25, 0.3) is 0 Å². The highest BCUT2D eigenvalue weighted by Gasteiger charge is 2.39. The molecule has 6 heteroatoms. The predicted molar refractivity (Wildman–Crippen MR) is 96.4 cm³/mol. The van der Waals surface area contributed by atoms with Crippen molar-refractivity contribution in [2.45, 2.75) is 26.0 Å². The molecule has 134 valence electrons. The number of rotatable bonds is 3. The van der Waals surface area contributed by atoms with Crippen molar-refractivity contribution in [1.82, 2.24) is 5.32 Å². The molecule has 0 aliphatic carbocycles. The van der Waals surface area contributed by atoms with Gasteiger partial charge in [0.1, 0.15) is 12.6 Å². The van der Waals surface area contributed by atoms with E-state index >= 15 is 0 Å². The number of carbonyl (C=O) groups excluding carboxylic acids is 2. The van der Waals surface area contributed by atoms with Crippen LogP contribution >= 0.6 is 0 Å². The lowest BCUT2D eigenvalue weighted by molar-refractivity contribution is -0.126. The van der Waals surface area contributed by atoms with E-state index in [1.54, 1.807) is 4.90 Å². The Bertz CT molecular complexity index is 880. The maximum absolute atomic E-state index is 12.9. The number of ether oxygens (including phenoxy) is 2. The summed E-state index contributed by atoms with van der Waals surface area (Å²) < 4.78 is 11.7. The second-order valence-corrected chi connectivity index (χ2v) is 6.64. The van der Waals surface area contributed by atoms with E-state index in [0.29, 0.717) is 24.7 Å². The van der Waals surface area contributed by atoms with E-state index in [9.17, 15) is 9.59 Å². The van der Waals surface area contributed by atoms with E-state index in [-0.39, 0.29) is 17.9 Å². The molecule has 0 bridgehead atoms. The number of anilines is 1. The Morgan fingerprint density at radius 1 is 1.23 bits per heavy atom. The number of benzene rings is 2. The van der Waals surface area contributed by atoms with E-state index in [4.69, 9.17) is 9.47 Å². The molecule has 2 aliphatic heterocycles. The molecule has 0 fully saturated rings. The lowest BCUT2D eigenvalue weighted by Crippen LogP contribution is -2.44. The summed E-state index contributed by atoms with van der Waals surface area (Å²) in [4.78, 5) is 26.2. The van der Waals surface area contributed by atoms with Crippen LogP contribution in [0.4, 0.5) is 5.69 Å². The monoisotopic (exact) mass is 352 g/mol. The largest absolute Gasteiger partial charge is 0.486 e. The first-order valence-electron chi connectivity index (χ1n) is 8.60. The third-order valence-corrected chi connectivity index (χ3v) is 4.60. The van der Waals surface area contributed by atoms with E-state index in [2.05, 4.69) is 5.32 Å². The fourth-order valence-electron chi connectivity index (χ4n) is 3.45. The van der Waals surface area contributed by atoms with Crippen LogP contribution < -0.4 is 19.7 Å². The van der Waals surface area contributed by atoms with Crippen molar-refractivity contribution in [2.24, 2.45) is 0 Å². The molecule has 2 amide bonds. The first kappa shape index (κ1) is 16.4. The van der Waals surface area contributed by atoms with Gasteiger partial charge in [-0.1, -0.05) is 29.8 Å². The predicted octanol–water partition coefficient (Wildman–Crippen LogP) is 2.36. The van der Waals surface area contributed by atoms with Gasteiger partial charge in [-0.25, -0.2) is 0 Å². The Balaban J connectivity index is 1.59. The summed E-state index contributed by atoms with van der Waals surface area (Å²) in [6.45, 7) is 4.11. The molecule has 0 saturated heterocycles. The average Bonchev–Trinajstić information content (AvgIpc) is 2.86. The zero-order chi connectivity index (χ0) is 18.3. The van der Waals surface area contributed by atoms with Gasteiger partial charge in [0.25, 0.3) is 5.91 Å². The number of hydrogen-bond donors (Lipinski definition) is 1. The fraction of sp³-hybridized carbons (Fsp3) is 0.300. The number of hydrogen-bond acceptors (Lipinski definition) is 4. The average molecular weight is 352 g/mol. The molecule has 0 spiro atoms. The smallest absolute Gasteiger partial charge is 0.254 e. The number of amides is 2. The number of aryl methyl sites for hydroxylation is 1. The van der Waals surface area contributed by atoms with Crippen LogP contribution in [-0.4, -0.2) is 31.1 Å². The summed E-state index contributed by atoms with van der Waals surface area (Å²) in [7, 11) is 0. The Hall–Kier alpha value is -3.02. The molecule has 0 saturated carbocycles. The molecule has 1 N–H and O–H groups in total. The summed E-state index contributed by atoms with van der Waals surface area (Å²) in [5.74, 6) is 1.01. The third-order valence-electron chi connectivity index (χ3n) is 4.60. The Morgan fingerprint density at radius 2 is 2.00 bits per heavy atom. The molecular weight excluding hydrogens is 332 g/mol. The van der Waals surface area contributed by atoms with Crippen LogP contribution in [0.1, 0.15) is 24.1 Å². The maximum atomic E-state index is 12.9. The fourth-order valence-corrected chi connectivity index (χ4v) is 3.45. The summed E-state index contributed by atoms with van der Waals surface area (Å²) in [5.41, 5.74) is 2.67. The Kier molecular flexibility index (Phi) is 4.03. The molecule has 26 heavy (non-hydrogen) atoms. The summed E-state index contributed by atoms with van der Waals surface area (Å²) in [6, 6.07) is 12.7. The highest BCUT2D eigenvalue weighted by atomic mass is 16.6. The standard InChI is InChI=1S/C20H20N2O4/c1-12-7-8-16-15(9-12)19(21-13(2)23)20(24)22(16)10-14-11-25-17-5-3-4-6-18(17)26-14/h3-9,14,19H,10-11H2,1-2H3,(H,21,23)/t14-,19+/m1/s1. The van der Waals surface area contributed by atoms with Gasteiger partial charge in [-0.05, 0) is 25.1 Å². The molecule has 0 aromatic heterocycles. The minimum atomic E-state index is -0.654. The van der Waals surface area contributed by atoms with Crippen LogP contribution in [0.5, 0.6) is 11.5 Å². The second kappa shape index (κ2) is 6.37. The Labute approximate surface area is 151 Å². The van der Waals surface area contributed by atoms with Crippen LogP contribution in [0, 0.1) is 6.92 Å². The molecule has 2 atom stereocenters. The van der Waals surface area contributed by atoms with Crippen LogP contribution in [0.15, 0.2) is 42.5 Å². The quantitative estimate of drug-likeness (QED) is 0.921. The SMILES string of the molecule is CC(=O)N[C@@H]1C(=O)N(C[C@@H]2COc3ccccc3O2)c2ccc(C)cc21.